The zero-order chi connectivity index (χ0) is 22.4. The van der Waals surface area contributed by atoms with E-state index in [-0.39, 0.29) is 29.5 Å². The van der Waals surface area contributed by atoms with Gasteiger partial charge in [-0.25, -0.2) is 0 Å². The molecule has 1 heterocycles. The summed E-state index contributed by atoms with van der Waals surface area (Å²) in [6, 6.07) is 4.84. The summed E-state index contributed by atoms with van der Waals surface area (Å²) < 4.78 is 40.6. The van der Waals surface area contributed by atoms with E-state index in [9.17, 15) is 22.8 Å². The molecule has 2 aliphatic rings. The van der Waals surface area contributed by atoms with Crippen LogP contribution in [0.15, 0.2) is 24.3 Å². The van der Waals surface area contributed by atoms with Crippen molar-refractivity contribution >= 4 is 17.5 Å². The molecule has 2 unspecified atom stereocenters. The predicted molar refractivity (Wildman–Crippen MR) is 111 cm³/mol. The summed E-state index contributed by atoms with van der Waals surface area (Å²) in [6.07, 6.45) is 2.50. The van der Waals surface area contributed by atoms with E-state index in [1.165, 1.54) is 18.6 Å². The van der Waals surface area contributed by atoms with Gasteiger partial charge in [-0.15, -0.1) is 13.2 Å². The van der Waals surface area contributed by atoms with Crippen LogP contribution < -0.4 is 15.4 Å². The van der Waals surface area contributed by atoms with Gasteiger partial charge in [-0.3, -0.25) is 14.5 Å². The van der Waals surface area contributed by atoms with E-state index >= 15 is 0 Å². The number of benzene rings is 1. The van der Waals surface area contributed by atoms with Crippen molar-refractivity contribution in [2.45, 2.75) is 70.3 Å². The third-order valence-corrected chi connectivity index (χ3v) is 6.06. The molecule has 31 heavy (non-hydrogen) atoms. The fourth-order valence-corrected chi connectivity index (χ4v) is 4.29. The molecule has 2 atom stereocenters. The van der Waals surface area contributed by atoms with Gasteiger partial charge < -0.3 is 15.4 Å². The highest BCUT2D eigenvalue weighted by Gasteiger charge is 2.32. The molecule has 172 valence electrons. The number of rotatable bonds is 6. The molecule has 0 spiro atoms. The predicted octanol–water partition coefficient (Wildman–Crippen LogP) is 4.07. The lowest BCUT2D eigenvalue weighted by molar-refractivity contribution is -0.274. The maximum atomic E-state index is 12.7. The minimum Gasteiger partial charge on any atom is -0.406 e. The average molecular weight is 441 g/mol. The van der Waals surface area contributed by atoms with Crippen molar-refractivity contribution in [3.05, 3.63) is 24.3 Å². The number of carbonyl (C=O) groups excluding carboxylic acids is 2. The Balaban J connectivity index is 1.50. The van der Waals surface area contributed by atoms with Gasteiger partial charge in [0.05, 0.1) is 12.0 Å². The van der Waals surface area contributed by atoms with E-state index in [1.807, 2.05) is 4.90 Å². The van der Waals surface area contributed by atoms with Crippen LogP contribution in [0.25, 0.3) is 0 Å². The molecular formula is C22H30F3N3O3. The topological polar surface area (TPSA) is 70.7 Å². The van der Waals surface area contributed by atoms with E-state index in [4.69, 9.17) is 0 Å². The first-order valence-electron chi connectivity index (χ1n) is 10.9. The first-order chi connectivity index (χ1) is 14.7. The van der Waals surface area contributed by atoms with Gasteiger partial charge in [-0.1, -0.05) is 19.3 Å². The van der Waals surface area contributed by atoms with Crippen LogP contribution in [0.1, 0.15) is 51.9 Å². The summed E-state index contributed by atoms with van der Waals surface area (Å²) in [4.78, 5) is 27.3. The van der Waals surface area contributed by atoms with Crippen LogP contribution in [0, 0.1) is 5.92 Å². The molecule has 6 nitrogen and oxygen atoms in total. The second kappa shape index (κ2) is 10.3. The molecule has 1 aliphatic heterocycles. The van der Waals surface area contributed by atoms with Gasteiger partial charge in [0.1, 0.15) is 5.75 Å². The maximum Gasteiger partial charge on any atom is 0.573 e. The molecule has 2 amide bonds. The summed E-state index contributed by atoms with van der Waals surface area (Å²) >= 11 is 0. The quantitative estimate of drug-likeness (QED) is 0.698. The Bertz CT molecular complexity index is 749. The molecule has 3 rings (SSSR count). The molecule has 1 aromatic carbocycles. The van der Waals surface area contributed by atoms with Gasteiger partial charge in [0, 0.05) is 18.3 Å². The normalized spacial score (nSPS) is 21.9. The summed E-state index contributed by atoms with van der Waals surface area (Å²) in [5.74, 6) is -0.673. The van der Waals surface area contributed by atoms with E-state index in [0.717, 1.165) is 57.2 Å². The fourth-order valence-electron chi connectivity index (χ4n) is 4.29. The Morgan fingerprint density at radius 2 is 1.74 bits per heavy atom. The van der Waals surface area contributed by atoms with Crippen molar-refractivity contribution in [2.75, 3.05) is 18.4 Å². The zero-order valence-corrected chi connectivity index (χ0v) is 17.7. The molecule has 0 bridgehead atoms. The molecule has 2 fully saturated rings. The van der Waals surface area contributed by atoms with Crippen LogP contribution in [-0.4, -0.2) is 48.2 Å². The van der Waals surface area contributed by atoms with Gasteiger partial charge in [0.15, 0.2) is 0 Å². The van der Waals surface area contributed by atoms with Crippen LogP contribution in [-0.2, 0) is 9.59 Å². The molecule has 0 aromatic heterocycles. The first kappa shape index (κ1) is 23.4. The second-order valence-corrected chi connectivity index (χ2v) is 8.42. The molecule has 1 saturated carbocycles. The van der Waals surface area contributed by atoms with Crippen LogP contribution in [0.5, 0.6) is 5.75 Å². The number of carbonyl (C=O) groups is 2. The van der Waals surface area contributed by atoms with Crippen LogP contribution in [0.2, 0.25) is 0 Å². The number of halogens is 3. The highest BCUT2D eigenvalue weighted by Crippen LogP contribution is 2.25. The van der Waals surface area contributed by atoms with E-state index in [2.05, 4.69) is 15.4 Å². The number of hydrogen-bond donors (Lipinski definition) is 2. The Morgan fingerprint density at radius 3 is 2.39 bits per heavy atom. The Labute approximate surface area is 180 Å². The molecular weight excluding hydrogens is 411 g/mol. The van der Waals surface area contributed by atoms with E-state index in [0.29, 0.717) is 12.2 Å². The lowest BCUT2D eigenvalue weighted by atomic mass is 9.92. The molecule has 0 radical (unpaired) electrons. The average Bonchev–Trinajstić information content (AvgIpc) is 2.74. The minimum atomic E-state index is -4.76. The van der Waals surface area contributed by atoms with E-state index < -0.39 is 12.4 Å². The molecule has 9 heteroatoms. The second-order valence-electron chi connectivity index (χ2n) is 8.42. The molecule has 1 aliphatic carbocycles. The minimum absolute atomic E-state index is 0.0736. The van der Waals surface area contributed by atoms with Crippen LogP contribution in [0.4, 0.5) is 18.9 Å². The van der Waals surface area contributed by atoms with Crippen molar-refractivity contribution in [1.82, 2.24) is 10.2 Å². The molecule has 2 N–H and O–H groups in total. The SMILES string of the molecule is CC(C(=O)Nc1ccc(OC(F)(F)F)cc1)N1CCCC(C(=O)NC2CCCCC2)C1. The van der Waals surface area contributed by atoms with Gasteiger partial charge in [0.2, 0.25) is 11.8 Å². The van der Waals surface area contributed by atoms with E-state index in [1.54, 1.807) is 6.92 Å². The highest BCUT2D eigenvalue weighted by atomic mass is 19.4. The number of ether oxygens (including phenoxy) is 1. The Kier molecular flexibility index (Phi) is 7.80. The number of anilines is 1. The van der Waals surface area contributed by atoms with Crippen molar-refractivity contribution in [3.63, 3.8) is 0 Å². The van der Waals surface area contributed by atoms with Crippen LogP contribution in [0.3, 0.4) is 0 Å². The number of nitrogens with one attached hydrogen (secondary N) is 2. The Hall–Kier alpha value is -2.29. The standard InChI is InChI=1S/C22H30F3N3O3/c1-15(20(29)26-18-9-11-19(12-10-18)31-22(23,24)25)28-13-5-6-16(14-28)21(30)27-17-7-3-2-4-8-17/h9-12,15-17H,2-8,13-14H2,1H3,(H,26,29)(H,27,30). The third kappa shape index (κ3) is 7.12. The van der Waals surface area contributed by atoms with Gasteiger partial charge in [-0.05, 0) is 63.4 Å². The fraction of sp³-hybridized carbons (Fsp3) is 0.636. The Morgan fingerprint density at radius 1 is 1.06 bits per heavy atom. The number of nitrogens with zero attached hydrogens (tertiary/aromatic N) is 1. The number of likely N-dealkylation sites (tertiary alicyclic amines) is 1. The third-order valence-electron chi connectivity index (χ3n) is 6.06. The smallest absolute Gasteiger partial charge is 0.406 e. The zero-order valence-electron chi connectivity index (χ0n) is 17.7. The number of piperidine rings is 1. The monoisotopic (exact) mass is 441 g/mol. The van der Waals surface area contributed by atoms with Gasteiger partial charge in [-0.2, -0.15) is 0 Å². The van der Waals surface area contributed by atoms with Crippen molar-refractivity contribution < 1.29 is 27.5 Å². The lowest BCUT2D eigenvalue weighted by Crippen LogP contribution is -2.51. The summed E-state index contributed by atoms with van der Waals surface area (Å²) in [7, 11) is 0. The summed E-state index contributed by atoms with van der Waals surface area (Å²) in [6.45, 7) is 3.02. The number of alkyl halides is 3. The van der Waals surface area contributed by atoms with Gasteiger partial charge in [0.25, 0.3) is 0 Å². The molecule has 1 aromatic rings. The van der Waals surface area contributed by atoms with Crippen LogP contribution >= 0.6 is 0 Å². The summed E-state index contributed by atoms with van der Waals surface area (Å²) in [5.41, 5.74) is 0.384. The maximum absolute atomic E-state index is 12.7. The van der Waals surface area contributed by atoms with Crippen molar-refractivity contribution in [2.24, 2.45) is 5.92 Å². The number of amides is 2. The highest BCUT2D eigenvalue weighted by molar-refractivity contribution is 5.94. The molecule has 1 saturated heterocycles. The largest absolute Gasteiger partial charge is 0.573 e. The van der Waals surface area contributed by atoms with Gasteiger partial charge >= 0.3 is 6.36 Å². The lowest BCUT2D eigenvalue weighted by Gasteiger charge is -2.36. The summed E-state index contributed by atoms with van der Waals surface area (Å²) in [5, 5.41) is 5.90. The van der Waals surface area contributed by atoms with Crippen molar-refractivity contribution in [3.8, 4) is 5.75 Å². The first-order valence-corrected chi connectivity index (χ1v) is 10.9. The number of hydrogen-bond acceptors (Lipinski definition) is 4. The van der Waals surface area contributed by atoms with Crippen molar-refractivity contribution in [1.29, 1.82) is 0 Å².